The molecule has 6 heteroatoms. The first-order valence-electron chi connectivity index (χ1n) is 8.17. The van der Waals surface area contributed by atoms with Crippen LogP contribution in [0, 0.1) is 5.92 Å². The number of carbonyl (C=O) groups is 1. The Morgan fingerprint density at radius 1 is 0.880 bits per heavy atom. The van der Waals surface area contributed by atoms with Crippen LogP contribution in [-0.4, -0.2) is 18.2 Å². The minimum atomic E-state index is -3.62. The molecule has 0 unspecified atom stereocenters. The fourth-order valence-electron chi connectivity index (χ4n) is 2.14. The van der Waals surface area contributed by atoms with E-state index in [4.69, 9.17) is 13.8 Å². The highest BCUT2D eigenvalue weighted by molar-refractivity contribution is 7.54. The molecule has 0 aliphatic rings. The van der Waals surface area contributed by atoms with Gasteiger partial charge in [-0.25, -0.2) is 4.57 Å². The van der Waals surface area contributed by atoms with Crippen LogP contribution in [0.5, 0.6) is 11.5 Å². The second-order valence-corrected chi connectivity index (χ2v) is 7.94. The third-order valence-electron chi connectivity index (χ3n) is 3.23. The molecule has 5 nitrogen and oxygen atoms in total. The molecule has 1 atom stereocenters. The zero-order chi connectivity index (χ0) is 18.3. The lowest BCUT2D eigenvalue weighted by Gasteiger charge is -2.22. The second kappa shape index (κ2) is 8.72. The summed E-state index contributed by atoms with van der Waals surface area (Å²) in [6.07, 6.45) is -0.318. The van der Waals surface area contributed by atoms with Crippen LogP contribution >= 0.6 is 7.60 Å². The van der Waals surface area contributed by atoms with Crippen molar-refractivity contribution in [2.75, 3.05) is 6.16 Å². The summed E-state index contributed by atoms with van der Waals surface area (Å²) in [5, 5.41) is 0. The number of hydrogen-bond acceptors (Lipinski definition) is 5. The van der Waals surface area contributed by atoms with Crippen LogP contribution in [0.2, 0.25) is 0 Å². The van der Waals surface area contributed by atoms with Crippen LogP contribution in [0.4, 0.5) is 0 Å². The van der Waals surface area contributed by atoms with Crippen molar-refractivity contribution in [3.05, 3.63) is 60.7 Å². The molecule has 0 saturated carbocycles. The first-order chi connectivity index (χ1) is 11.9. The van der Waals surface area contributed by atoms with Crippen molar-refractivity contribution in [1.29, 1.82) is 0 Å². The smallest absolute Gasteiger partial charge is 0.431 e. The molecule has 0 aromatic heterocycles. The van der Waals surface area contributed by atoms with E-state index < -0.39 is 19.5 Å². The fourth-order valence-corrected chi connectivity index (χ4v) is 4.03. The van der Waals surface area contributed by atoms with Crippen molar-refractivity contribution in [1.82, 2.24) is 0 Å². The van der Waals surface area contributed by atoms with Crippen LogP contribution in [-0.2, 0) is 14.1 Å². The van der Waals surface area contributed by atoms with Crippen LogP contribution in [0.15, 0.2) is 60.7 Å². The molecule has 0 radical (unpaired) electrons. The van der Waals surface area contributed by atoms with Crippen LogP contribution in [0.3, 0.4) is 0 Å². The van der Waals surface area contributed by atoms with Gasteiger partial charge in [0, 0.05) is 0 Å². The molecule has 0 N–H and O–H groups in total. The van der Waals surface area contributed by atoms with Crippen LogP contribution in [0.1, 0.15) is 20.8 Å². The highest BCUT2D eigenvalue weighted by Gasteiger charge is 2.34. The summed E-state index contributed by atoms with van der Waals surface area (Å²) in [7, 11) is -3.62. The average molecular weight is 362 g/mol. The topological polar surface area (TPSA) is 61.8 Å². The van der Waals surface area contributed by atoms with E-state index in [0.29, 0.717) is 11.5 Å². The maximum atomic E-state index is 13.3. The van der Waals surface area contributed by atoms with Crippen molar-refractivity contribution in [3.63, 3.8) is 0 Å². The number of carbonyl (C=O) groups excluding carboxylic acids is 1. The van der Waals surface area contributed by atoms with Gasteiger partial charge in [-0.3, -0.25) is 4.79 Å². The van der Waals surface area contributed by atoms with Gasteiger partial charge in [0.15, 0.2) is 0 Å². The Hall–Kier alpha value is -2.26. The summed E-state index contributed by atoms with van der Waals surface area (Å²) >= 11 is 0. The normalized spacial score (nSPS) is 12.5. The van der Waals surface area contributed by atoms with E-state index >= 15 is 0 Å². The van der Waals surface area contributed by atoms with Gasteiger partial charge in [-0.05, 0) is 38.1 Å². The Balaban J connectivity index is 2.19. The molecule has 0 amide bonds. The minimum absolute atomic E-state index is 0.0810. The van der Waals surface area contributed by atoms with Crippen LogP contribution < -0.4 is 9.05 Å². The summed E-state index contributed by atoms with van der Waals surface area (Å²) in [4.78, 5) is 12.1. The predicted octanol–water partition coefficient (Wildman–Crippen LogP) is 4.93. The Morgan fingerprint density at radius 2 is 1.32 bits per heavy atom. The van der Waals surface area contributed by atoms with Gasteiger partial charge in [0.2, 0.25) is 0 Å². The molecule has 2 aromatic carbocycles. The van der Waals surface area contributed by atoms with Gasteiger partial charge in [0.1, 0.15) is 11.5 Å². The van der Waals surface area contributed by atoms with Gasteiger partial charge >= 0.3 is 13.6 Å². The number of rotatable bonds is 8. The van der Waals surface area contributed by atoms with Crippen molar-refractivity contribution in [2.24, 2.45) is 5.92 Å². The molecule has 0 aliphatic carbocycles. The van der Waals surface area contributed by atoms with Crippen molar-refractivity contribution in [2.45, 2.75) is 26.9 Å². The molecule has 2 aromatic rings. The lowest BCUT2D eigenvalue weighted by molar-refractivity contribution is -0.151. The van der Waals surface area contributed by atoms with E-state index in [1.165, 1.54) is 0 Å². The van der Waals surface area contributed by atoms with E-state index in [0.717, 1.165) is 0 Å². The Kier molecular flexibility index (Phi) is 6.65. The van der Waals surface area contributed by atoms with Gasteiger partial charge in [-0.2, -0.15) is 0 Å². The molecular weight excluding hydrogens is 339 g/mol. The number of hydrogen-bond donors (Lipinski definition) is 0. The molecular formula is C19H23O5P. The standard InChI is InChI=1S/C19H23O5P/c1-15(2)22-19(20)16(3)14-25(21,23-17-10-6-4-7-11-17)24-18-12-8-5-9-13-18/h4-13,15-16H,14H2,1-3H3/t16-/m1/s1. The van der Waals surface area contributed by atoms with E-state index in [1.54, 1.807) is 69.3 Å². The molecule has 0 bridgehead atoms. The highest BCUT2D eigenvalue weighted by Crippen LogP contribution is 2.50. The minimum Gasteiger partial charge on any atom is -0.463 e. The van der Waals surface area contributed by atoms with Crippen molar-refractivity contribution < 1.29 is 23.1 Å². The van der Waals surface area contributed by atoms with Crippen molar-refractivity contribution >= 4 is 13.6 Å². The molecule has 2 rings (SSSR count). The van der Waals surface area contributed by atoms with Gasteiger partial charge in [0.05, 0.1) is 18.2 Å². The maximum absolute atomic E-state index is 13.3. The largest absolute Gasteiger partial charge is 0.463 e. The number of esters is 1. The monoisotopic (exact) mass is 362 g/mol. The summed E-state index contributed by atoms with van der Waals surface area (Å²) in [6, 6.07) is 17.5. The van der Waals surface area contributed by atoms with Crippen LogP contribution in [0.25, 0.3) is 0 Å². The first kappa shape index (κ1) is 19.1. The van der Waals surface area contributed by atoms with Gasteiger partial charge in [0.25, 0.3) is 0 Å². The van der Waals surface area contributed by atoms with E-state index in [9.17, 15) is 9.36 Å². The van der Waals surface area contributed by atoms with Crippen molar-refractivity contribution in [3.8, 4) is 11.5 Å². The summed E-state index contributed by atoms with van der Waals surface area (Å²) < 4.78 is 29.8. The summed E-state index contributed by atoms with van der Waals surface area (Å²) in [5.74, 6) is -0.207. The Bertz CT molecular complexity index is 670. The zero-order valence-corrected chi connectivity index (χ0v) is 15.5. The van der Waals surface area contributed by atoms with E-state index in [-0.39, 0.29) is 12.3 Å². The van der Waals surface area contributed by atoms with Gasteiger partial charge in [-0.1, -0.05) is 43.3 Å². The molecule has 0 fully saturated rings. The molecule has 0 aliphatic heterocycles. The zero-order valence-electron chi connectivity index (χ0n) is 14.6. The maximum Gasteiger partial charge on any atom is 0.431 e. The molecule has 0 spiro atoms. The number of ether oxygens (including phenoxy) is 1. The van der Waals surface area contributed by atoms with E-state index in [1.807, 2.05) is 12.1 Å². The highest BCUT2D eigenvalue weighted by atomic mass is 31.2. The number of para-hydroxylation sites is 2. The Labute approximate surface area is 148 Å². The third kappa shape index (κ3) is 6.28. The van der Waals surface area contributed by atoms with E-state index in [2.05, 4.69) is 0 Å². The number of benzene rings is 2. The lowest BCUT2D eigenvalue weighted by atomic mass is 10.2. The quantitative estimate of drug-likeness (QED) is 0.492. The van der Waals surface area contributed by atoms with Gasteiger partial charge in [-0.15, -0.1) is 0 Å². The molecule has 134 valence electrons. The average Bonchev–Trinajstić information content (AvgIpc) is 2.55. The molecule has 25 heavy (non-hydrogen) atoms. The molecule has 0 heterocycles. The first-order valence-corrected chi connectivity index (χ1v) is 9.89. The lowest BCUT2D eigenvalue weighted by Crippen LogP contribution is -2.23. The summed E-state index contributed by atoms with van der Waals surface area (Å²) in [5.41, 5.74) is 0. The third-order valence-corrected chi connectivity index (χ3v) is 5.20. The second-order valence-electron chi connectivity index (χ2n) is 5.99. The van der Waals surface area contributed by atoms with Gasteiger partial charge < -0.3 is 13.8 Å². The SMILES string of the molecule is CC(C)OC(=O)[C@H](C)CP(=O)(Oc1ccccc1)Oc1ccccc1. The summed E-state index contributed by atoms with van der Waals surface area (Å²) in [6.45, 7) is 5.19. The fraction of sp³-hybridized carbons (Fsp3) is 0.316. The predicted molar refractivity (Wildman–Crippen MR) is 97.0 cm³/mol. The molecule has 0 saturated heterocycles. The Morgan fingerprint density at radius 3 is 1.72 bits per heavy atom.